The molecule has 2 aromatic heterocycles. The molecule has 1 fully saturated rings. The van der Waals surface area contributed by atoms with Gasteiger partial charge in [0.25, 0.3) is 0 Å². The maximum absolute atomic E-state index is 12.9. The maximum Gasteiger partial charge on any atom is 0.318 e. The number of nitrogens with zero attached hydrogens (tertiary/aromatic N) is 4. The molecule has 1 saturated heterocycles. The van der Waals surface area contributed by atoms with Gasteiger partial charge in [0.1, 0.15) is 11.6 Å². The number of ether oxygens (including phenoxy) is 2. The first-order valence-corrected chi connectivity index (χ1v) is 11.5. The number of hydrogen-bond acceptors (Lipinski definition) is 8. The van der Waals surface area contributed by atoms with Gasteiger partial charge in [0, 0.05) is 24.8 Å². The number of fused-ring (bicyclic) bond motifs is 1. The fourth-order valence-corrected chi connectivity index (χ4v) is 4.75. The molecule has 3 heterocycles. The SMILES string of the molecule is COC(=O)C1(c2ccnc(S(C)(=O)=O)n2)CCc2c(cnn2C2CCCCO2)C1. The molecular weight excluding hydrogens is 396 g/mol. The lowest BCUT2D eigenvalue weighted by Gasteiger charge is -2.35. The quantitative estimate of drug-likeness (QED) is 0.538. The Morgan fingerprint density at radius 2 is 2.21 bits per heavy atom. The van der Waals surface area contributed by atoms with Crippen LogP contribution in [0.15, 0.2) is 23.6 Å². The second-order valence-corrected chi connectivity index (χ2v) is 9.54. The molecule has 0 aromatic carbocycles. The van der Waals surface area contributed by atoms with E-state index in [9.17, 15) is 13.2 Å². The summed E-state index contributed by atoms with van der Waals surface area (Å²) in [4.78, 5) is 21.0. The van der Waals surface area contributed by atoms with Crippen molar-refractivity contribution in [1.82, 2.24) is 19.7 Å². The first kappa shape index (κ1) is 20.0. The average Bonchev–Trinajstić information content (AvgIpc) is 3.16. The van der Waals surface area contributed by atoms with Gasteiger partial charge < -0.3 is 9.47 Å². The summed E-state index contributed by atoms with van der Waals surface area (Å²) in [6.45, 7) is 0.723. The predicted octanol–water partition coefficient (Wildman–Crippen LogP) is 1.38. The first-order chi connectivity index (χ1) is 13.8. The highest BCUT2D eigenvalue weighted by molar-refractivity contribution is 7.90. The third-order valence-electron chi connectivity index (χ3n) is 5.73. The number of carbonyl (C=O) groups excluding carboxylic acids is 1. The molecule has 2 atom stereocenters. The molecule has 0 bridgehead atoms. The standard InChI is InChI=1S/C19H24N4O5S/c1-27-17(24)19(15-7-9-20-18(22-15)29(2,25)26)8-6-14-13(11-19)12-21-23(14)16-5-3-4-10-28-16/h7,9,12,16H,3-6,8,10-11H2,1-2H3. The normalized spacial score (nSPS) is 24.7. The zero-order valence-corrected chi connectivity index (χ0v) is 17.3. The average molecular weight is 420 g/mol. The molecule has 0 spiro atoms. The largest absolute Gasteiger partial charge is 0.468 e. The van der Waals surface area contributed by atoms with Crippen molar-refractivity contribution in [3.63, 3.8) is 0 Å². The Kier molecular flexibility index (Phi) is 5.16. The summed E-state index contributed by atoms with van der Waals surface area (Å²) < 4.78 is 36.7. The van der Waals surface area contributed by atoms with E-state index in [-0.39, 0.29) is 11.4 Å². The lowest BCUT2D eigenvalue weighted by Crippen LogP contribution is -2.43. The molecule has 1 aliphatic carbocycles. The molecule has 1 aliphatic heterocycles. The number of sulfone groups is 1. The Morgan fingerprint density at radius 1 is 1.38 bits per heavy atom. The summed E-state index contributed by atoms with van der Waals surface area (Å²) in [7, 11) is -2.27. The molecule has 0 amide bonds. The van der Waals surface area contributed by atoms with Crippen LogP contribution in [0.3, 0.4) is 0 Å². The van der Waals surface area contributed by atoms with E-state index in [1.165, 1.54) is 13.3 Å². The smallest absolute Gasteiger partial charge is 0.318 e. The molecule has 0 N–H and O–H groups in total. The van der Waals surface area contributed by atoms with Crippen molar-refractivity contribution in [2.75, 3.05) is 20.0 Å². The van der Waals surface area contributed by atoms with Crippen LogP contribution in [0.2, 0.25) is 0 Å². The van der Waals surface area contributed by atoms with E-state index in [0.717, 1.165) is 43.4 Å². The number of carbonyl (C=O) groups is 1. The molecule has 10 heteroatoms. The van der Waals surface area contributed by atoms with Gasteiger partial charge in [-0.1, -0.05) is 0 Å². The van der Waals surface area contributed by atoms with E-state index in [2.05, 4.69) is 15.1 Å². The molecule has 2 aliphatic rings. The van der Waals surface area contributed by atoms with Crippen LogP contribution in [-0.2, 0) is 42.4 Å². The summed E-state index contributed by atoms with van der Waals surface area (Å²) in [6, 6.07) is 1.59. The number of esters is 1. The van der Waals surface area contributed by atoms with Crippen LogP contribution in [-0.4, -0.2) is 54.1 Å². The highest BCUT2D eigenvalue weighted by atomic mass is 32.2. The third kappa shape index (κ3) is 3.55. The van der Waals surface area contributed by atoms with E-state index in [1.54, 1.807) is 12.3 Å². The monoisotopic (exact) mass is 420 g/mol. The van der Waals surface area contributed by atoms with Crippen molar-refractivity contribution < 1.29 is 22.7 Å². The fraction of sp³-hybridized carbons (Fsp3) is 0.579. The summed E-state index contributed by atoms with van der Waals surface area (Å²) in [5.74, 6) is -0.442. The molecule has 0 radical (unpaired) electrons. The molecule has 29 heavy (non-hydrogen) atoms. The van der Waals surface area contributed by atoms with E-state index in [0.29, 0.717) is 25.0 Å². The van der Waals surface area contributed by atoms with Gasteiger partial charge in [-0.3, -0.25) is 4.79 Å². The van der Waals surface area contributed by atoms with Crippen molar-refractivity contribution in [3.8, 4) is 0 Å². The van der Waals surface area contributed by atoms with Crippen molar-refractivity contribution in [1.29, 1.82) is 0 Å². The molecule has 0 saturated carbocycles. The van der Waals surface area contributed by atoms with Crippen LogP contribution >= 0.6 is 0 Å². The molecule has 156 valence electrons. The van der Waals surface area contributed by atoms with Crippen LogP contribution in [0, 0.1) is 0 Å². The van der Waals surface area contributed by atoms with Gasteiger partial charge in [-0.05, 0) is 50.2 Å². The molecular formula is C19H24N4O5S. The number of aromatic nitrogens is 4. The Hall–Kier alpha value is -2.33. The van der Waals surface area contributed by atoms with Crippen molar-refractivity contribution in [3.05, 3.63) is 35.4 Å². The van der Waals surface area contributed by atoms with Gasteiger partial charge >= 0.3 is 5.97 Å². The highest BCUT2D eigenvalue weighted by Crippen LogP contribution is 2.40. The number of hydrogen-bond donors (Lipinski definition) is 0. The van der Waals surface area contributed by atoms with Crippen LogP contribution in [0.25, 0.3) is 0 Å². The Balaban J connectivity index is 1.74. The van der Waals surface area contributed by atoms with Crippen molar-refractivity contribution in [2.45, 2.75) is 55.3 Å². The lowest BCUT2D eigenvalue weighted by molar-refractivity contribution is -0.148. The predicted molar refractivity (Wildman–Crippen MR) is 102 cm³/mol. The Morgan fingerprint density at radius 3 is 2.90 bits per heavy atom. The van der Waals surface area contributed by atoms with Crippen LogP contribution in [0.1, 0.15) is 48.9 Å². The van der Waals surface area contributed by atoms with E-state index in [4.69, 9.17) is 9.47 Å². The maximum atomic E-state index is 12.9. The van der Waals surface area contributed by atoms with E-state index < -0.39 is 21.2 Å². The topological polar surface area (TPSA) is 113 Å². The van der Waals surface area contributed by atoms with Crippen molar-refractivity contribution in [2.24, 2.45) is 0 Å². The van der Waals surface area contributed by atoms with Gasteiger partial charge in [-0.2, -0.15) is 5.10 Å². The van der Waals surface area contributed by atoms with Gasteiger partial charge in [0.15, 0.2) is 0 Å². The minimum atomic E-state index is -3.60. The molecule has 2 unspecified atom stereocenters. The minimum Gasteiger partial charge on any atom is -0.468 e. The zero-order chi connectivity index (χ0) is 20.6. The van der Waals surface area contributed by atoms with Crippen molar-refractivity contribution >= 4 is 15.8 Å². The summed E-state index contributed by atoms with van der Waals surface area (Å²) in [6.07, 6.45) is 8.54. The molecule has 4 rings (SSSR count). The third-order valence-corrected chi connectivity index (χ3v) is 6.59. The number of rotatable bonds is 4. The summed E-state index contributed by atoms with van der Waals surface area (Å²) >= 11 is 0. The van der Waals surface area contributed by atoms with Crippen LogP contribution in [0.4, 0.5) is 0 Å². The zero-order valence-electron chi connectivity index (χ0n) is 16.5. The molecule has 2 aromatic rings. The molecule has 9 nitrogen and oxygen atoms in total. The van der Waals surface area contributed by atoms with Gasteiger partial charge in [-0.25, -0.2) is 23.1 Å². The second kappa shape index (κ2) is 7.49. The van der Waals surface area contributed by atoms with Crippen LogP contribution in [0.5, 0.6) is 0 Å². The highest BCUT2D eigenvalue weighted by Gasteiger charge is 2.47. The second-order valence-electron chi connectivity index (χ2n) is 7.63. The van der Waals surface area contributed by atoms with E-state index >= 15 is 0 Å². The minimum absolute atomic E-state index is 0.0750. The number of methoxy groups -OCH3 is 1. The van der Waals surface area contributed by atoms with Gasteiger partial charge in [0.05, 0.1) is 19.0 Å². The lowest BCUT2D eigenvalue weighted by atomic mass is 9.71. The fourth-order valence-electron chi connectivity index (χ4n) is 4.23. The van der Waals surface area contributed by atoms with Gasteiger partial charge in [-0.15, -0.1) is 0 Å². The van der Waals surface area contributed by atoms with E-state index in [1.807, 2.05) is 4.68 Å². The Bertz CT molecular complexity index is 1030. The summed E-state index contributed by atoms with van der Waals surface area (Å²) in [5.41, 5.74) is 1.25. The summed E-state index contributed by atoms with van der Waals surface area (Å²) in [5, 5.41) is 4.24. The van der Waals surface area contributed by atoms with Crippen LogP contribution < -0.4 is 0 Å². The first-order valence-electron chi connectivity index (χ1n) is 9.64. The van der Waals surface area contributed by atoms with Gasteiger partial charge in [0.2, 0.25) is 15.0 Å². The Labute approximate surface area is 169 Å².